The molecule has 0 saturated carbocycles. The van der Waals surface area contributed by atoms with Gasteiger partial charge < -0.3 is 4.74 Å². The molecule has 15 heavy (non-hydrogen) atoms. The molecule has 0 aromatic heterocycles. The topological polar surface area (TPSA) is 26.3 Å². The first-order valence-electron chi connectivity index (χ1n) is 5.07. The number of carbonyl (C=O) groups is 1. The van der Waals surface area contributed by atoms with Crippen LogP contribution in [0.25, 0.3) is 0 Å². The van der Waals surface area contributed by atoms with Crippen LogP contribution < -0.4 is 4.74 Å². The van der Waals surface area contributed by atoms with Crippen LogP contribution in [0.15, 0.2) is 10.5 Å². The van der Waals surface area contributed by atoms with Crippen molar-refractivity contribution in [2.45, 2.75) is 26.7 Å². The SMILES string of the molecule is Cc1cc2c(c(C)c1Br)C(=O)CCCO2. The Kier molecular flexibility index (Phi) is 2.83. The maximum atomic E-state index is 11.9. The maximum Gasteiger partial charge on any atom is 0.167 e. The minimum Gasteiger partial charge on any atom is -0.493 e. The van der Waals surface area contributed by atoms with Crippen LogP contribution in [-0.4, -0.2) is 12.4 Å². The first kappa shape index (κ1) is 10.7. The Balaban J connectivity index is 2.66. The minimum atomic E-state index is 0.195. The van der Waals surface area contributed by atoms with Gasteiger partial charge in [0.15, 0.2) is 5.78 Å². The highest BCUT2D eigenvalue weighted by Gasteiger charge is 2.21. The third kappa shape index (κ3) is 1.81. The molecule has 0 aliphatic carbocycles. The summed E-state index contributed by atoms with van der Waals surface area (Å²) in [5.74, 6) is 0.941. The summed E-state index contributed by atoms with van der Waals surface area (Å²) in [6.45, 7) is 4.61. The predicted octanol–water partition coefficient (Wildman–Crippen LogP) is 3.42. The van der Waals surface area contributed by atoms with Gasteiger partial charge in [-0.1, -0.05) is 15.9 Å². The number of aryl methyl sites for hydroxylation is 1. The monoisotopic (exact) mass is 268 g/mol. The van der Waals surface area contributed by atoms with Crippen LogP contribution in [0.3, 0.4) is 0 Å². The third-order valence-corrected chi connectivity index (χ3v) is 3.95. The lowest BCUT2D eigenvalue weighted by Crippen LogP contribution is -2.02. The van der Waals surface area contributed by atoms with E-state index in [0.29, 0.717) is 13.0 Å². The molecule has 0 fully saturated rings. The van der Waals surface area contributed by atoms with E-state index in [0.717, 1.165) is 33.3 Å². The molecule has 0 unspecified atom stereocenters. The normalized spacial score (nSPS) is 15.5. The number of halogens is 1. The minimum absolute atomic E-state index is 0.195. The molecule has 1 aliphatic rings. The molecule has 1 aromatic rings. The zero-order chi connectivity index (χ0) is 11.0. The van der Waals surface area contributed by atoms with Crippen molar-refractivity contribution in [2.24, 2.45) is 0 Å². The Morgan fingerprint density at radius 2 is 2.13 bits per heavy atom. The van der Waals surface area contributed by atoms with Gasteiger partial charge in [-0.3, -0.25) is 4.79 Å². The van der Waals surface area contributed by atoms with Gasteiger partial charge in [-0.25, -0.2) is 0 Å². The van der Waals surface area contributed by atoms with E-state index in [1.54, 1.807) is 0 Å². The molecule has 0 spiro atoms. The van der Waals surface area contributed by atoms with E-state index in [2.05, 4.69) is 15.9 Å². The zero-order valence-corrected chi connectivity index (χ0v) is 10.5. The summed E-state index contributed by atoms with van der Waals surface area (Å²) in [7, 11) is 0. The third-order valence-electron chi connectivity index (χ3n) is 2.73. The highest BCUT2D eigenvalue weighted by Crippen LogP contribution is 2.34. The predicted molar refractivity (Wildman–Crippen MR) is 62.7 cm³/mol. The maximum absolute atomic E-state index is 11.9. The average Bonchev–Trinajstić information content (AvgIpc) is 2.37. The van der Waals surface area contributed by atoms with Crippen LogP contribution in [0, 0.1) is 13.8 Å². The van der Waals surface area contributed by atoms with E-state index >= 15 is 0 Å². The van der Waals surface area contributed by atoms with E-state index < -0.39 is 0 Å². The molecule has 0 N–H and O–H groups in total. The number of benzene rings is 1. The lowest BCUT2D eigenvalue weighted by molar-refractivity contribution is 0.0982. The van der Waals surface area contributed by atoms with Gasteiger partial charge in [-0.05, 0) is 37.5 Å². The molecule has 0 saturated heterocycles. The first-order valence-corrected chi connectivity index (χ1v) is 5.86. The fourth-order valence-corrected chi connectivity index (χ4v) is 2.24. The smallest absolute Gasteiger partial charge is 0.167 e. The van der Waals surface area contributed by atoms with E-state index in [-0.39, 0.29) is 5.78 Å². The Hall–Kier alpha value is -0.830. The van der Waals surface area contributed by atoms with E-state index in [4.69, 9.17) is 4.74 Å². The second-order valence-electron chi connectivity index (χ2n) is 3.88. The van der Waals surface area contributed by atoms with Gasteiger partial charge in [-0.2, -0.15) is 0 Å². The first-order chi connectivity index (χ1) is 7.11. The summed E-state index contributed by atoms with van der Waals surface area (Å²) in [6, 6.07) is 1.94. The largest absolute Gasteiger partial charge is 0.493 e. The molecule has 1 aromatic carbocycles. The van der Waals surface area contributed by atoms with Gasteiger partial charge in [-0.15, -0.1) is 0 Å². The Labute approximate surface area is 97.8 Å². The van der Waals surface area contributed by atoms with Crippen LogP contribution in [0.4, 0.5) is 0 Å². The molecule has 1 aliphatic heterocycles. The van der Waals surface area contributed by atoms with Gasteiger partial charge in [0, 0.05) is 10.9 Å². The van der Waals surface area contributed by atoms with E-state index in [1.165, 1.54) is 0 Å². The molecule has 80 valence electrons. The molecule has 2 rings (SSSR count). The molecule has 0 amide bonds. The van der Waals surface area contributed by atoms with Crippen molar-refractivity contribution in [3.63, 3.8) is 0 Å². The highest BCUT2D eigenvalue weighted by atomic mass is 79.9. The van der Waals surface area contributed by atoms with Gasteiger partial charge in [0.1, 0.15) is 5.75 Å². The van der Waals surface area contributed by atoms with Crippen molar-refractivity contribution >= 4 is 21.7 Å². The molecular formula is C12H13BrO2. The quantitative estimate of drug-likeness (QED) is 0.721. The number of ether oxygens (including phenoxy) is 1. The van der Waals surface area contributed by atoms with Gasteiger partial charge in [0.2, 0.25) is 0 Å². The summed E-state index contributed by atoms with van der Waals surface area (Å²) in [5.41, 5.74) is 2.86. The number of Topliss-reactive ketones (excluding diaryl/α,β-unsaturated/α-hetero) is 1. The van der Waals surface area contributed by atoms with Crippen molar-refractivity contribution in [1.29, 1.82) is 0 Å². The van der Waals surface area contributed by atoms with Crippen molar-refractivity contribution in [3.8, 4) is 5.75 Å². The van der Waals surface area contributed by atoms with Crippen molar-refractivity contribution < 1.29 is 9.53 Å². The van der Waals surface area contributed by atoms with Gasteiger partial charge in [0.05, 0.1) is 12.2 Å². The fourth-order valence-electron chi connectivity index (χ4n) is 1.92. The number of hydrogen-bond acceptors (Lipinski definition) is 2. The standard InChI is InChI=1S/C12H13BrO2/c1-7-6-10-11(8(2)12(7)13)9(14)4-3-5-15-10/h6H,3-5H2,1-2H3. The molecule has 1 heterocycles. The van der Waals surface area contributed by atoms with Crippen LogP contribution in [-0.2, 0) is 0 Å². The van der Waals surface area contributed by atoms with Crippen LogP contribution >= 0.6 is 15.9 Å². The molecule has 3 heteroatoms. The van der Waals surface area contributed by atoms with Crippen molar-refractivity contribution in [2.75, 3.05) is 6.61 Å². The fraction of sp³-hybridized carbons (Fsp3) is 0.417. The lowest BCUT2D eigenvalue weighted by Gasteiger charge is -2.12. The number of fused-ring (bicyclic) bond motifs is 1. The summed E-state index contributed by atoms with van der Waals surface area (Å²) >= 11 is 3.50. The molecule has 0 bridgehead atoms. The number of hydrogen-bond donors (Lipinski definition) is 0. The zero-order valence-electron chi connectivity index (χ0n) is 8.89. The molecule has 0 radical (unpaired) electrons. The Morgan fingerprint density at radius 1 is 1.40 bits per heavy atom. The van der Waals surface area contributed by atoms with Crippen LogP contribution in [0.1, 0.15) is 34.3 Å². The number of ketones is 1. The Morgan fingerprint density at radius 3 is 2.87 bits per heavy atom. The summed E-state index contributed by atoms with van der Waals surface area (Å²) in [6.07, 6.45) is 1.40. The number of carbonyl (C=O) groups excluding carboxylic acids is 1. The summed E-state index contributed by atoms with van der Waals surface area (Å²) in [5, 5.41) is 0. The van der Waals surface area contributed by atoms with Crippen LogP contribution in [0.2, 0.25) is 0 Å². The molecule has 2 nitrogen and oxygen atoms in total. The lowest BCUT2D eigenvalue weighted by atomic mass is 9.99. The number of rotatable bonds is 0. The second kappa shape index (κ2) is 3.97. The van der Waals surface area contributed by atoms with E-state index in [9.17, 15) is 4.79 Å². The van der Waals surface area contributed by atoms with Crippen molar-refractivity contribution in [1.82, 2.24) is 0 Å². The van der Waals surface area contributed by atoms with E-state index in [1.807, 2.05) is 19.9 Å². The molecular weight excluding hydrogens is 256 g/mol. The van der Waals surface area contributed by atoms with Gasteiger partial charge in [0.25, 0.3) is 0 Å². The van der Waals surface area contributed by atoms with Crippen LogP contribution in [0.5, 0.6) is 5.75 Å². The highest BCUT2D eigenvalue weighted by molar-refractivity contribution is 9.10. The summed E-state index contributed by atoms with van der Waals surface area (Å²) < 4.78 is 6.61. The summed E-state index contributed by atoms with van der Waals surface area (Å²) in [4.78, 5) is 11.9. The molecule has 0 atom stereocenters. The van der Waals surface area contributed by atoms with Gasteiger partial charge >= 0.3 is 0 Å². The average molecular weight is 269 g/mol. The Bertz CT molecular complexity index is 424. The second-order valence-corrected chi connectivity index (χ2v) is 4.67. The van der Waals surface area contributed by atoms with Crippen molar-refractivity contribution in [3.05, 3.63) is 27.2 Å².